The van der Waals surface area contributed by atoms with Gasteiger partial charge in [-0.05, 0) is 87.5 Å². The molecule has 0 aromatic heterocycles. The Balaban J connectivity index is 1.71. The van der Waals surface area contributed by atoms with Crippen LogP contribution in [0.2, 0.25) is 10.0 Å². The fraction of sp³-hybridized carbons (Fsp3) is 0.519. The summed E-state index contributed by atoms with van der Waals surface area (Å²) >= 11 is 12.8. The van der Waals surface area contributed by atoms with E-state index in [4.69, 9.17) is 23.2 Å². The second kappa shape index (κ2) is 10.9. The monoisotopic (exact) mass is 565 g/mol. The lowest BCUT2D eigenvalue weighted by Gasteiger charge is -2.48. The summed E-state index contributed by atoms with van der Waals surface area (Å²) < 4.78 is 81.3. The van der Waals surface area contributed by atoms with E-state index in [0.717, 1.165) is 50.9 Å². The van der Waals surface area contributed by atoms with Gasteiger partial charge in [0.15, 0.2) is 0 Å². The average Bonchev–Trinajstić information content (AvgIpc) is 2.85. The van der Waals surface area contributed by atoms with Crippen molar-refractivity contribution < 1.29 is 26.3 Å². The van der Waals surface area contributed by atoms with Crippen molar-refractivity contribution in [3.05, 3.63) is 75.6 Å². The van der Waals surface area contributed by atoms with E-state index in [1.807, 2.05) is 4.90 Å². The van der Waals surface area contributed by atoms with Gasteiger partial charge in [-0.25, -0.2) is 0 Å². The zero-order valence-corrected chi connectivity index (χ0v) is 21.7. The lowest BCUT2D eigenvalue weighted by atomic mass is 9.81. The Morgan fingerprint density at radius 3 is 1.92 bits per heavy atom. The topological polar surface area (TPSA) is 6.48 Å². The smallest absolute Gasteiger partial charge is 0.300 e. The summed E-state index contributed by atoms with van der Waals surface area (Å²) in [7, 11) is 0. The number of hydrogen-bond acceptors (Lipinski definition) is 2. The van der Waals surface area contributed by atoms with Crippen LogP contribution in [-0.2, 0) is 24.3 Å². The minimum Gasteiger partial charge on any atom is -0.300 e. The Bertz CT molecular complexity index is 1060. The minimum absolute atomic E-state index is 0.119. The van der Waals surface area contributed by atoms with E-state index in [1.54, 1.807) is 18.2 Å². The van der Waals surface area contributed by atoms with Gasteiger partial charge in [-0.1, -0.05) is 41.8 Å². The molecule has 0 saturated carbocycles. The van der Waals surface area contributed by atoms with Gasteiger partial charge in [-0.2, -0.15) is 26.3 Å². The number of rotatable bonds is 5. The Hall–Kier alpha value is -1.48. The van der Waals surface area contributed by atoms with Crippen molar-refractivity contribution in [2.45, 2.75) is 62.5 Å². The number of halogens is 8. The van der Waals surface area contributed by atoms with Gasteiger partial charge in [0.2, 0.25) is 0 Å². The first-order chi connectivity index (χ1) is 17.3. The van der Waals surface area contributed by atoms with Crippen LogP contribution in [0, 0.1) is 6.92 Å². The Morgan fingerprint density at radius 1 is 0.811 bits per heavy atom. The maximum atomic E-state index is 13.5. The number of benzene rings is 2. The normalized spacial score (nSPS) is 20.7. The van der Waals surface area contributed by atoms with Gasteiger partial charge in [0, 0.05) is 19.1 Å². The summed E-state index contributed by atoms with van der Waals surface area (Å²) in [6.07, 6.45) is -4.86. The van der Waals surface area contributed by atoms with Crippen molar-refractivity contribution in [3.63, 3.8) is 0 Å². The van der Waals surface area contributed by atoms with Crippen molar-refractivity contribution in [1.29, 1.82) is 0 Å². The molecule has 2 aromatic carbocycles. The van der Waals surface area contributed by atoms with Gasteiger partial charge < -0.3 is 4.90 Å². The quantitative estimate of drug-likeness (QED) is 0.337. The summed E-state index contributed by atoms with van der Waals surface area (Å²) in [5, 5.41) is 0.441. The maximum Gasteiger partial charge on any atom is 0.416 e. The number of hydrogen-bond donors (Lipinski definition) is 0. The van der Waals surface area contributed by atoms with Crippen LogP contribution in [0.3, 0.4) is 0 Å². The largest absolute Gasteiger partial charge is 0.416 e. The number of alkyl halides is 6. The zero-order valence-electron chi connectivity index (χ0n) is 20.2. The van der Waals surface area contributed by atoms with E-state index in [0.29, 0.717) is 24.7 Å². The number of likely N-dealkylation sites (tertiary alicyclic amines) is 2. The van der Waals surface area contributed by atoms with Gasteiger partial charge >= 0.3 is 12.4 Å². The second-order valence-corrected chi connectivity index (χ2v) is 10.8. The SMILES string of the molecule is [CH2]C(Cc1cc(C(F)(F)F)cc(C(F)(F)F)c1)(c1cccc(Cl)c1Cl)N1CCC(N2CCCCC2)CC1. The van der Waals surface area contributed by atoms with E-state index in [1.165, 1.54) is 6.42 Å². The van der Waals surface area contributed by atoms with Crippen LogP contribution < -0.4 is 0 Å². The third kappa shape index (κ3) is 6.40. The van der Waals surface area contributed by atoms with Crippen LogP contribution in [0.25, 0.3) is 0 Å². The molecule has 10 heteroatoms. The van der Waals surface area contributed by atoms with Crippen molar-refractivity contribution in [1.82, 2.24) is 9.80 Å². The van der Waals surface area contributed by atoms with Crippen LogP contribution >= 0.6 is 23.2 Å². The summed E-state index contributed by atoms with van der Waals surface area (Å²) in [6.45, 7) is 7.65. The molecule has 1 radical (unpaired) electrons. The lowest BCUT2D eigenvalue weighted by molar-refractivity contribution is -0.143. The number of piperidine rings is 2. The van der Waals surface area contributed by atoms with Crippen molar-refractivity contribution in [2.24, 2.45) is 0 Å². The van der Waals surface area contributed by atoms with Crippen LogP contribution in [0.4, 0.5) is 26.3 Å². The predicted octanol–water partition coefficient (Wildman–Crippen LogP) is 8.25. The van der Waals surface area contributed by atoms with Crippen molar-refractivity contribution >= 4 is 23.2 Å². The van der Waals surface area contributed by atoms with E-state index < -0.39 is 29.0 Å². The molecule has 0 aliphatic carbocycles. The third-order valence-electron chi connectivity index (χ3n) is 7.57. The fourth-order valence-corrected chi connectivity index (χ4v) is 6.12. The maximum absolute atomic E-state index is 13.5. The molecule has 2 aromatic rings. The molecule has 2 heterocycles. The lowest BCUT2D eigenvalue weighted by Crippen LogP contribution is -2.53. The molecule has 2 aliphatic rings. The first-order valence-electron chi connectivity index (χ1n) is 12.4. The highest BCUT2D eigenvalue weighted by Crippen LogP contribution is 2.43. The van der Waals surface area contributed by atoms with Crippen molar-refractivity contribution in [2.75, 3.05) is 26.2 Å². The molecule has 2 fully saturated rings. The molecule has 37 heavy (non-hydrogen) atoms. The van der Waals surface area contributed by atoms with Gasteiger partial charge in [-0.15, -0.1) is 0 Å². The molecule has 1 atom stereocenters. The first-order valence-corrected chi connectivity index (χ1v) is 13.1. The zero-order chi connectivity index (χ0) is 27.0. The molecular formula is C27H29Cl2F6N2. The highest BCUT2D eigenvalue weighted by molar-refractivity contribution is 6.42. The highest BCUT2D eigenvalue weighted by Gasteiger charge is 2.41. The van der Waals surface area contributed by atoms with E-state index in [2.05, 4.69) is 11.8 Å². The minimum atomic E-state index is -4.93. The van der Waals surface area contributed by atoms with E-state index in [-0.39, 0.29) is 28.1 Å². The molecule has 4 rings (SSSR count). The van der Waals surface area contributed by atoms with E-state index >= 15 is 0 Å². The van der Waals surface area contributed by atoms with Gasteiger partial charge in [-0.3, -0.25) is 4.90 Å². The van der Waals surface area contributed by atoms with Crippen LogP contribution in [0.1, 0.15) is 54.4 Å². The Labute approximate surface area is 223 Å². The molecule has 2 aliphatic heterocycles. The molecule has 0 N–H and O–H groups in total. The average molecular weight is 566 g/mol. The molecule has 2 nitrogen and oxygen atoms in total. The summed E-state index contributed by atoms with van der Waals surface area (Å²) in [4.78, 5) is 4.51. The third-order valence-corrected chi connectivity index (χ3v) is 8.39. The fourth-order valence-electron chi connectivity index (χ4n) is 5.64. The van der Waals surface area contributed by atoms with Gasteiger partial charge in [0.25, 0.3) is 0 Å². The highest BCUT2D eigenvalue weighted by atomic mass is 35.5. The first kappa shape index (κ1) is 28.5. The molecule has 1 unspecified atom stereocenters. The van der Waals surface area contributed by atoms with Crippen molar-refractivity contribution in [3.8, 4) is 0 Å². The van der Waals surface area contributed by atoms with Crippen LogP contribution in [-0.4, -0.2) is 42.0 Å². The van der Waals surface area contributed by atoms with Gasteiger partial charge in [0.1, 0.15) is 0 Å². The molecule has 0 amide bonds. The van der Waals surface area contributed by atoms with Crippen LogP contribution in [0.15, 0.2) is 36.4 Å². The Kier molecular flexibility index (Phi) is 8.44. The molecule has 2 saturated heterocycles. The summed E-state index contributed by atoms with van der Waals surface area (Å²) in [5.74, 6) is 0. The molecule has 203 valence electrons. The molecular weight excluding hydrogens is 537 g/mol. The Morgan fingerprint density at radius 2 is 1.38 bits per heavy atom. The predicted molar refractivity (Wildman–Crippen MR) is 134 cm³/mol. The second-order valence-electron chi connectivity index (χ2n) is 10.0. The summed E-state index contributed by atoms with van der Waals surface area (Å²) in [5.41, 5.74) is -3.56. The van der Waals surface area contributed by atoms with E-state index in [9.17, 15) is 26.3 Å². The summed E-state index contributed by atoms with van der Waals surface area (Å²) in [6, 6.07) is 7.02. The number of nitrogens with zero attached hydrogens (tertiary/aromatic N) is 2. The molecule has 0 spiro atoms. The van der Waals surface area contributed by atoms with Crippen LogP contribution in [0.5, 0.6) is 0 Å². The van der Waals surface area contributed by atoms with Gasteiger partial charge in [0.05, 0.1) is 26.7 Å². The standard InChI is InChI=1S/C27H29Cl2F6N2/c1-25(22-6-5-7-23(28)24(22)29,37-12-8-21(9-13-37)36-10-3-2-4-11-36)17-18-14-19(26(30,31)32)16-20(15-18)27(33,34)35/h5-7,14-16,21H,1-4,8-13,17H2. The molecule has 0 bridgehead atoms.